The number of halogens is 2. The molecule has 2 heterocycles. The molecule has 1 unspecified atom stereocenters. The van der Waals surface area contributed by atoms with Gasteiger partial charge in [0.2, 0.25) is 0 Å². The van der Waals surface area contributed by atoms with Crippen molar-refractivity contribution in [3.05, 3.63) is 47.2 Å². The lowest BCUT2D eigenvalue weighted by atomic mass is 10.00. The van der Waals surface area contributed by atoms with Gasteiger partial charge in [0.05, 0.1) is 17.4 Å². The van der Waals surface area contributed by atoms with Crippen LogP contribution in [0, 0.1) is 5.92 Å². The van der Waals surface area contributed by atoms with E-state index >= 15 is 0 Å². The van der Waals surface area contributed by atoms with Crippen molar-refractivity contribution in [2.75, 3.05) is 19.6 Å². The summed E-state index contributed by atoms with van der Waals surface area (Å²) in [6.07, 6.45) is 5.64. The molecule has 1 aromatic carbocycles. The number of amides is 1. The van der Waals surface area contributed by atoms with Gasteiger partial charge in [0.15, 0.2) is 0 Å². The Kier molecular flexibility index (Phi) is 6.45. The fourth-order valence-electron chi connectivity index (χ4n) is 2.64. The zero-order chi connectivity index (χ0) is 15.4. The molecule has 1 saturated heterocycles. The third-order valence-corrected chi connectivity index (χ3v) is 4.10. The number of carbonyl (C=O) groups is 1. The van der Waals surface area contributed by atoms with Crippen molar-refractivity contribution in [3.8, 4) is 5.69 Å². The Hall–Kier alpha value is -1.56. The van der Waals surface area contributed by atoms with Gasteiger partial charge in [-0.1, -0.05) is 17.7 Å². The molecular formula is C16H20Cl2N4O. The van der Waals surface area contributed by atoms with Crippen LogP contribution in [0.3, 0.4) is 0 Å². The Labute approximate surface area is 146 Å². The summed E-state index contributed by atoms with van der Waals surface area (Å²) < 4.78 is 1.66. The van der Waals surface area contributed by atoms with Crippen molar-refractivity contribution >= 4 is 29.9 Å². The largest absolute Gasteiger partial charge is 0.352 e. The highest BCUT2D eigenvalue weighted by Crippen LogP contribution is 2.15. The van der Waals surface area contributed by atoms with Crippen molar-refractivity contribution in [1.82, 2.24) is 20.4 Å². The van der Waals surface area contributed by atoms with E-state index in [9.17, 15) is 4.79 Å². The minimum atomic E-state index is -0.0844. The van der Waals surface area contributed by atoms with E-state index in [4.69, 9.17) is 11.6 Å². The second-order valence-electron chi connectivity index (χ2n) is 5.58. The van der Waals surface area contributed by atoms with Crippen LogP contribution in [0.5, 0.6) is 0 Å². The summed E-state index contributed by atoms with van der Waals surface area (Å²) in [4.78, 5) is 12.2. The molecular weight excluding hydrogens is 335 g/mol. The predicted molar refractivity (Wildman–Crippen MR) is 93.7 cm³/mol. The third kappa shape index (κ3) is 4.70. The zero-order valence-electron chi connectivity index (χ0n) is 12.7. The smallest absolute Gasteiger partial charge is 0.254 e. The molecule has 1 aromatic heterocycles. The molecule has 1 fully saturated rings. The first-order valence-electron chi connectivity index (χ1n) is 7.52. The number of benzene rings is 1. The van der Waals surface area contributed by atoms with Gasteiger partial charge in [-0.05, 0) is 50.0 Å². The van der Waals surface area contributed by atoms with Gasteiger partial charge >= 0.3 is 0 Å². The second kappa shape index (κ2) is 8.34. The molecule has 124 valence electrons. The molecule has 23 heavy (non-hydrogen) atoms. The number of aromatic nitrogens is 2. The summed E-state index contributed by atoms with van der Waals surface area (Å²) in [6.45, 7) is 2.76. The molecule has 7 heteroatoms. The molecule has 2 N–H and O–H groups in total. The van der Waals surface area contributed by atoms with Gasteiger partial charge in [0, 0.05) is 17.8 Å². The van der Waals surface area contributed by atoms with E-state index in [0.717, 1.165) is 25.2 Å². The number of carbonyl (C=O) groups excluding carboxylic acids is 1. The van der Waals surface area contributed by atoms with Crippen LogP contribution >= 0.6 is 24.0 Å². The van der Waals surface area contributed by atoms with E-state index in [1.54, 1.807) is 23.1 Å². The highest BCUT2D eigenvalue weighted by atomic mass is 35.5. The number of hydrogen-bond acceptors (Lipinski definition) is 3. The normalized spacial score (nSPS) is 17.3. The lowest BCUT2D eigenvalue weighted by Gasteiger charge is -2.22. The first-order valence-corrected chi connectivity index (χ1v) is 7.90. The average molecular weight is 355 g/mol. The highest BCUT2D eigenvalue weighted by Gasteiger charge is 2.15. The molecule has 3 rings (SSSR count). The maximum absolute atomic E-state index is 12.2. The molecule has 2 aromatic rings. The van der Waals surface area contributed by atoms with Crippen LogP contribution in [0.2, 0.25) is 5.02 Å². The Morgan fingerprint density at radius 1 is 1.48 bits per heavy atom. The van der Waals surface area contributed by atoms with Crippen molar-refractivity contribution in [3.63, 3.8) is 0 Å². The van der Waals surface area contributed by atoms with E-state index in [0.29, 0.717) is 23.0 Å². The van der Waals surface area contributed by atoms with Crippen molar-refractivity contribution in [2.45, 2.75) is 12.8 Å². The predicted octanol–water partition coefficient (Wildman–Crippen LogP) is 2.68. The molecule has 1 aliphatic heterocycles. The second-order valence-corrected chi connectivity index (χ2v) is 6.01. The molecule has 0 spiro atoms. The fourth-order valence-corrected chi connectivity index (χ4v) is 2.82. The van der Waals surface area contributed by atoms with E-state index in [2.05, 4.69) is 15.7 Å². The van der Waals surface area contributed by atoms with Gasteiger partial charge in [-0.2, -0.15) is 5.10 Å². The molecule has 0 aliphatic carbocycles. The molecule has 0 bridgehead atoms. The van der Waals surface area contributed by atoms with Crippen molar-refractivity contribution in [2.24, 2.45) is 5.92 Å². The molecule has 1 aliphatic rings. The average Bonchev–Trinajstić information content (AvgIpc) is 3.04. The first kappa shape index (κ1) is 17.8. The SMILES string of the molecule is Cl.O=C(NCC1CCCNC1)c1cnn(-c2cccc(Cl)c2)c1. The number of piperidine rings is 1. The van der Waals surface area contributed by atoms with Gasteiger partial charge < -0.3 is 10.6 Å². The van der Waals surface area contributed by atoms with Gasteiger partial charge in [-0.3, -0.25) is 4.79 Å². The van der Waals surface area contributed by atoms with E-state index in [1.165, 1.54) is 6.42 Å². The molecule has 5 nitrogen and oxygen atoms in total. The van der Waals surface area contributed by atoms with Crippen LogP contribution in [-0.4, -0.2) is 35.3 Å². The lowest BCUT2D eigenvalue weighted by Crippen LogP contribution is -2.38. The molecule has 0 radical (unpaired) electrons. The van der Waals surface area contributed by atoms with Crippen LogP contribution in [0.15, 0.2) is 36.7 Å². The Morgan fingerprint density at radius 2 is 2.35 bits per heavy atom. The van der Waals surface area contributed by atoms with Gasteiger partial charge in [-0.25, -0.2) is 4.68 Å². The quantitative estimate of drug-likeness (QED) is 0.887. The van der Waals surface area contributed by atoms with Crippen LogP contribution in [0.25, 0.3) is 5.69 Å². The van der Waals surface area contributed by atoms with Crippen LogP contribution in [0.1, 0.15) is 23.2 Å². The standard InChI is InChI=1S/C16H19ClN4O.ClH/c17-14-4-1-5-15(7-14)21-11-13(10-20-21)16(22)19-9-12-3-2-6-18-8-12;/h1,4-5,7,10-12,18H,2-3,6,8-9H2,(H,19,22);1H. The Morgan fingerprint density at radius 3 is 3.09 bits per heavy atom. The van der Waals surface area contributed by atoms with Gasteiger partial charge in [0.25, 0.3) is 5.91 Å². The summed E-state index contributed by atoms with van der Waals surface area (Å²) in [7, 11) is 0. The van der Waals surface area contributed by atoms with Crippen LogP contribution in [0.4, 0.5) is 0 Å². The zero-order valence-corrected chi connectivity index (χ0v) is 14.2. The third-order valence-electron chi connectivity index (χ3n) is 3.87. The maximum atomic E-state index is 12.2. The van der Waals surface area contributed by atoms with E-state index in [-0.39, 0.29) is 18.3 Å². The number of hydrogen-bond donors (Lipinski definition) is 2. The summed E-state index contributed by atoms with van der Waals surface area (Å²) in [5.74, 6) is 0.430. The molecule has 1 amide bonds. The fraction of sp³-hybridized carbons (Fsp3) is 0.375. The van der Waals surface area contributed by atoms with Crippen molar-refractivity contribution < 1.29 is 4.79 Å². The number of nitrogens with one attached hydrogen (secondary N) is 2. The highest BCUT2D eigenvalue weighted by molar-refractivity contribution is 6.30. The number of nitrogens with zero attached hydrogens (tertiary/aromatic N) is 2. The Bertz CT molecular complexity index is 653. The van der Waals surface area contributed by atoms with E-state index in [1.807, 2.05) is 18.2 Å². The maximum Gasteiger partial charge on any atom is 0.254 e. The number of rotatable bonds is 4. The van der Waals surface area contributed by atoms with Crippen LogP contribution in [-0.2, 0) is 0 Å². The van der Waals surface area contributed by atoms with Gasteiger partial charge in [0.1, 0.15) is 0 Å². The minimum absolute atomic E-state index is 0. The topological polar surface area (TPSA) is 59.0 Å². The first-order chi connectivity index (χ1) is 10.7. The summed E-state index contributed by atoms with van der Waals surface area (Å²) >= 11 is 5.97. The molecule has 1 atom stereocenters. The van der Waals surface area contributed by atoms with Crippen molar-refractivity contribution in [1.29, 1.82) is 0 Å². The monoisotopic (exact) mass is 354 g/mol. The van der Waals surface area contributed by atoms with Gasteiger partial charge in [-0.15, -0.1) is 12.4 Å². The Balaban J connectivity index is 0.00000192. The van der Waals surface area contributed by atoms with Crippen LogP contribution < -0.4 is 10.6 Å². The molecule has 0 saturated carbocycles. The van der Waals surface area contributed by atoms with E-state index < -0.39 is 0 Å². The summed E-state index contributed by atoms with van der Waals surface area (Å²) in [5, 5.41) is 11.2. The minimum Gasteiger partial charge on any atom is -0.352 e. The summed E-state index contributed by atoms with van der Waals surface area (Å²) in [5.41, 5.74) is 1.40. The summed E-state index contributed by atoms with van der Waals surface area (Å²) in [6, 6.07) is 7.37. The lowest BCUT2D eigenvalue weighted by molar-refractivity contribution is 0.0945.